The van der Waals surface area contributed by atoms with Gasteiger partial charge in [0.1, 0.15) is 5.82 Å². The standard InChI is InChI=1S/C14H20FN3S.HI/c1-3-9-17-14(16-2)18-10-4-11-19-13-7-5-12(15)6-8-13;/h3,5-8H,1,4,9-11H2,2H3,(H2,16,17,18);1H. The molecule has 0 aliphatic rings. The van der Waals surface area contributed by atoms with Crippen molar-refractivity contribution in [1.82, 2.24) is 10.6 Å². The molecule has 1 aromatic rings. The summed E-state index contributed by atoms with van der Waals surface area (Å²) in [6.07, 6.45) is 2.80. The van der Waals surface area contributed by atoms with E-state index in [0.717, 1.165) is 29.6 Å². The summed E-state index contributed by atoms with van der Waals surface area (Å²) in [5, 5.41) is 6.32. The van der Waals surface area contributed by atoms with Gasteiger partial charge in [0.15, 0.2) is 5.96 Å². The van der Waals surface area contributed by atoms with Gasteiger partial charge in [-0.1, -0.05) is 6.08 Å². The Kier molecular flexibility index (Phi) is 11.6. The van der Waals surface area contributed by atoms with E-state index in [1.54, 1.807) is 37.0 Å². The van der Waals surface area contributed by atoms with E-state index >= 15 is 0 Å². The maximum absolute atomic E-state index is 12.7. The van der Waals surface area contributed by atoms with Crippen molar-refractivity contribution in [3.63, 3.8) is 0 Å². The van der Waals surface area contributed by atoms with Crippen LogP contribution in [0.5, 0.6) is 0 Å². The van der Waals surface area contributed by atoms with Gasteiger partial charge in [-0.05, 0) is 36.4 Å². The molecule has 1 aromatic carbocycles. The lowest BCUT2D eigenvalue weighted by atomic mass is 10.4. The fraction of sp³-hybridized carbons (Fsp3) is 0.357. The number of nitrogens with one attached hydrogen (secondary N) is 2. The van der Waals surface area contributed by atoms with Crippen LogP contribution in [0.4, 0.5) is 4.39 Å². The van der Waals surface area contributed by atoms with Gasteiger partial charge in [0.2, 0.25) is 0 Å². The third-order valence-electron chi connectivity index (χ3n) is 2.33. The molecule has 0 saturated heterocycles. The third-order valence-corrected chi connectivity index (χ3v) is 3.43. The molecule has 0 spiro atoms. The highest BCUT2D eigenvalue weighted by molar-refractivity contribution is 14.0. The number of nitrogens with zero attached hydrogens (tertiary/aromatic N) is 1. The molecule has 0 fully saturated rings. The van der Waals surface area contributed by atoms with Crippen molar-refractivity contribution in [3.05, 3.63) is 42.7 Å². The molecule has 3 nitrogen and oxygen atoms in total. The number of rotatable bonds is 7. The van der Waals surface area contributed by atoms with E-state index in [4.69, 9.17) is 0 Å². The molecular weight excluding hydrogens is 388 g/mol. The van der Waals surface area contributed by atoms with Crippen LogP contribution in [0.15, 0.2) is 46.8 Å². The molecule has 0 heterocycles. The van der Waals surface area contributed by atoms with Crippen molar-refractivity contribution in [1.29, 1.82) is 0 Å². The Morgan fingerprint density at radius 3 is 2.65 bits per heavy atom. The van der Waals surface area contributed by atoms with E-state index in [1.165, 1.54) is 12.1 Å². The fourth-order valence-corrected chi connectivity index (χ4v) is 2.24. The van der Waals surface area contributed by atoms with Crippen LogP contribution in [0.3, 0.4) is 0 Å². The zero-order chi connectivity index (χ0) is 13.9. The van der Waals surface area contributed by atoms with Gasteiger partial charge in [0, 0.05) is 25.0 Å². The Morgan fingerprint density at radius 1 is 1.35 bits per heavy atom. The van der Waals surface area contributed by atoms with E-state index in [9.17, 15) is 4.39 Å². The highest BCUT2D eigenvalue weighted by Gasteiger charge is 1.97. The number of halogens is 2. The van der Waals surface area contributed by atoms with Gasteiger partial charge in [-0.3, -0.25) is 4.99 Å². The highest BCUT2D eigenvalue weighted by atomic mass is 127. The Hall–Kier alpha value is -0.760. The molecule has 0 aliphatic heterocycles. The van der Waals surface area contributed by atoms with Gasteiger partial charge in [0.25, 0.3) is 0 Å². The van der Waals surface area contributed by atoms with Gasteiger partial charge >= 0.3 is 0 Å². The van der Waals surface area contributed by atoms with Gasteiger partial charge in [0.05, 0.1) is 0 Å². The van der Waals surface area contributed by atoms with E-state index in [1.807, 2.05) is 0 Å². The van der Waals surface area contributed by atoms with Gasteiger partial charge in [-0.25, -0.2) is 4.39 Å². The number of aliphatic imine (C=N–C) groups is 1. The van der Waals surface area contributed by atoms with Crippen LogP contribution in [0.25, 0.3) is 0 Å². The van der Waals surface area contributed by atoms with Crippen LogP contribution < -0.4 is 10.6 Å². The normalized spacial score (nSPS) is 10.6. The predicted molar refractivity (Wildman–Crippen MR) is 96.7 cm³/mol. The number of benzene rings is 1. The second-order valence-electron chi connectivity index (χ2n) is 3.82. The van der Waals surface area contributed by atoms with Crippen molar-refractivity contribution in [2.24, 2.45) is 4.99 Å². The van der Waals surface area contributed by atoms with Crippen molar-refractivity contribution in [2.75, 3.05) is 25.9 Å². The molecule has 1 rings (SSSR count). The lowest BCUT2D eigenvalue weighted by Gasteiger charge is -2.10. The van der Waals surface area contributed by atoms with E-state index in [2.05, 4.69) is 22.2 Å². The van der Waals surface area contributed by atoms with Gasteiger partial charge in [-0.15, -0.1) is 42.3 Å². The zero-order valence-electron chi connectivity index (χ0n) is 11.6. The second-order valence-corrected chi connectivity index (χ2v) is 4.99. The summed E-state index contributed by atoms with van der Waals surface area (Å²) >= 11 is 1.72. The molecule has 0 radical (unpaired) electrons. The predicted octanol–water partition coefficient (Wildman–Crippen LogP) is 3.28. The first-order valence-electron chi connectivity index (χ1n) is 6.20. The van der Waals surface area contributed by atoms with Crippen LogP contribution in [-0.4, -0.2) is 31.8 Å². The number of hydrogen-bond acceptors (Lipinski definition) is 2. The summed E-state index contributed by atoms with van der Waals surface area (Å²) in [4.78, 5) is 5.18. The lowest BCUT2D eigenvalue weighted by molar-refractivity contribution is 0.626. The SMILES string of the molecule is C=CCNC(=NC)NCCCSc1ccc(F)cc1.I. The van der Waals surface area contributed by atoms with Crippen molar-refractivity contribution in [2.45, 2.75) is 11.3 Å². The van der Waals surface area contributed by atoms with Crippen LogP contribution in [0.2, 0.25) is 0 Å². The summed E-state index contributed by atoms with van der Waals surface area (Å²) in [5.41, 5.74) is 0. The maximum atomic E-state index is 12.7. The minimum Gasteiger partial charge on any atom is -0.356 e. The third kappa shape index (κ3) is 8.42. The van der Waals surface area contributed by atoms with Crippen LogP contribution in [-0.2, 0) is 0 Å². The molecule has 2 N–H and O–H groups in total. The van der Waals surface area contributed by atoms with Crippen LogP contribution >= 0.6 is 35.7 Å². The minimum absolute atomic E-state index is 0. The Labute approximate surface area is 141 Å². The van der Waals surface area contributed by atoms with Crippen molar-refractivity contribution < 1.29 is 4.39 Å². The first-order chi connectivity index (χ1) is 9.26. The average Bonchev–Trinajstić information content (AvgIpc) is 2.44. The topological polar surface area (TPSA) is 36.4 Å². The number of thioether (sulfide) groups is 1. The Morgan fingerprint density at radius 2 is 2.05 bits per heavy atom. The molecular formula is C14H21FIN3S. The molecule has 0 bridgehead atoms. The summed E-state index contributed by atoms with van der Waals surface area (Å²) in [7, 11) is 1.74. The number of hydrogen-bond donors (Lipinski definition) is 2. The zero-order valence-corrected chi connectivity index (χ0v) is 14.7. The first-order valence-corrected chi connectivity index (χ1v) is 7.18. The summed E-state index contributed by atoms with van der Waals surface area (Å²) in [6, 6.07) is 6.58. The van der Waals surface area contributed by atoms with Gasteiger partial charge in [-0.2, -0.15) is 0 Å². The largest absolute Gasteiger partial charge is 0.356 e. The molecule has 0 unspecified atom stereocenters. The van der Waals surface area contributed by atoms with Crippen molar-refractivity contribution in [3.8, 4) is 0 Å². The van der Waals surface area contributed by atoms with E-state index in [0.29, 0.717) is 6.54 Å². The Balaban J connectivity index is 0.00000361. The van der Waals surface area contributed by atoms with E-state index < -0.39 is 0 Å². The maximum Gasteiger partial charge on any atom is 0.191 e. The summed E-state index contributed by atoms with van der Waals surface area (Å²) < 4.78 is 12.7. The average molecular weight is 409 g/mol. The number of guanidine groups is 1. The van der Waals surface area contributed by atoms with Crippen LogP contribution in [0.1, 0.15) is 6.42 Å². The summed E-state index contributed by atoms with van der Waals surface area (Å²) in [6.45, 7) is 5.19. The Bertz CT molecular complexity index is 409. The van der Waals surface area contributed by atoms with Crippen molar-refractivity contribution >= 4 is 41.7 Å². The molecule has 0 aromatic heterocycles. The summed E-state index contributed by atoms with van der Waals surface area (Å²) in [5.74, 6) is 1.58. The quantitative estimate of drug-likeness (QED) is 0.181. The van der Waals surface area contributed by atoms with Gasteiger partial charge < -0.3 is 10.6 Å². The molecule has 0 saturated carbocycles. The fourth-order valence-electron chi connectivity index (χ4n) is 1.39. The molecule has 0 aliphatic carbocycles. The van der Waals surface area contributed by atoms with E-state index in [-0.39, 0.29) is 29.8 Å². The second kappa shape index (κ2) is 12.0. The van der Waals surface area contributed by atoms with Crippen LogP contribution in [0, 0.1) is 5.82 Å². The lowest BCUT2D eigenvalue weighted by Crippen LogP contribution is -2.37. The molecule has 0 atom stereocenters. The molecule has 112 valence electrons. The molecule has 6 heteroatoms. The monoisotopic (exact) mass is 409 g/mol. The smallest absolute Gasteiger partial charge is 0.191 e. The molecule has 20 heavy (non-hydrogen) atoms. The highest BCUT2D eigenvalue weighted by Crippen LogP contribution is 2.18. The molecule has 0 amide bonds. The minimum atomic E-state index is -0.192. The first kappa shape index (κ1) is 19.2.